The van der Waals surface area contributed by atoms with E-state index in [1.165, 1.54) is 18.3 Å². The lowest BCUT2D eigenvalue weighted by Crippen LogP contribution is -2.28. The Morgan fingerprint density at radius 3 is 2.62 bits per heavy atom. The van der Waals surface area contributed by atoms with Crippen molar-refractivity contribution in [2.75, 3.05) is 0 Å². The van der Waals surface area contributed by atoms with Crippen LogP contribution in [0.15, 0.2) is 59.7 Å². The molecule has 0 aliphatic heterocycles. The number of nitrogens with zero attached hydrogens (tertiary/aromatic N) is 1. The highest BCUT2D eigenvalue weighted by atomic mass is 19.1. The highest BCUT2D eigenvalue weighted by Gasteiger charge is 2.13. The number of halogens is 1. The Kier molecular flexibility index (Phi) is 4.95. The number of benzene rings is 2. The second kappa shape index (κ2) is 7.71. The molecule has 6 nitrogen and oxygen atoms in total. The van der Waals surface area contributed by atoms with E-state index in [9.17, 15) is 14.0 Å². The van der Waals surface area contributed by atoms with E-state index < -0.39 is 17.2 Å². The third-order valence-electron chi connectivity index (χ3n) is 4.71. The Morgan fingerprint density at radius 1 is 1.14 bits per heavy atom. The van der Waals surface area contributed by atoms with Gasteiger partial charge in [-0.15, -0.1) is 0 Å². The predicted octanol–water partition coefficient (Wildman–Crippen LogP) is 3.22. The lowest BCUT2D eigenvalue weighted by Gasteiger charge is -2.07. The molecule has 0 atom stereocenters. The Bertz CT molecular complexity index is 1240. The zero-order valence-electron chi connectivity index (χ0n) is 15.8. The van der Waals surface area contributed by atoms with Crippen molar-refractivity contribution in [2.24, 2.45) is 0 Å². The number of carbonyl (C=O) groups excluding carboxylic acids is 1. The van der Waals surface area contributed by atoms with E-state index in [0.717, 1.165) is 35.1 Å². The van der Waals surface area contributed by atoms with Gasteiger partial charge in [0.25, 0.3) is 5.91 Å². The first-order valence-electron chi connectivity index (χ1n) is 9.17. The molecule has 29 heavy (non-hydrogen) atoms. The number of H-pyrrole nitrogens is 2. The summed E-state index contributed by atoms with van der Waals surface area (Å²) in [6, 6.07) is 11.7. The highest BCUT2D eigenvalue weighted by Crippen LogP contribution is 2.11. The van der Waals surface area contributed by atoms with Gasteiger partial charge < -0.3 is 15.3 Å². The van der Waals surface area contributed by atoms with Crippen LogP contribution < -0.4 is 10.7 Å². The molecule has 3 N–H and O–H groups in total. The number of nitrogens with one attached hydrogen (secondary N) is 3. The minimum absolute atomic E-state index is 0.0469. The van der Waals surface area contributed by atoms with E-state index in [0.29, 0.717) is 5.52 Å². The van der Waals surface area contributed by atoms with Crippen LogP contribution in [0.25, 0.3) is 10.9 Å². The van der Waals surface area contributed by atoms with Crippen molar-refractivity contribution in [3.8, 4) is 0 Å². The maximum atomic E-state index is 13.4. The van der Waals surface area contributed by atoms with E-state index in [-0.39, 0.29) is 17.5 Å². The van der Waals surface area contributed by atoms with Gasteiger partial charge in [-0.25, -0.2) is 9.37 Å². The van der Waals surface area contributed by atoms with Gasteiger partial charge >= 0.3 is 0 Å². The molecule has 0 aliphatic rings. The van der Waals surface area contributed by atoms with Crippen LogP contribution in [0.3, 0.4) is 0 Å². The number of hydrogen-bond donors (Lipinski definition) is 3. The van der Waals surface area contributed by atoms with Crippen molar-refractivity contribution in [3.63, 3.8) is 0 Å². The number of hydrogen-bond acceptors (Lipinski definition) is 3. The molecule has 7 heteroatoms. The number of aromatic amines is 2. The van der Waals surface area contributed by atoms with Gasteiger partial charge in [-0.3, -0.25) is 9.59 Å². The number of imidazole rings is 1. The molecule has 2 heterocycles. The quantitative estimate of drug-likeness (QED) is 0.489. The van der Waals surface area contributed by atoms with Crippen molar-refractivity contribution in [2.45, 2.75) is 19.9 Å². The van der Waals surface area contributed by atoms with Crippen molar-refractivity contribution >= 4 is 16.8 Å². The molecule has 0 saturated heterocycles. The fourth-order valence-electron chi connectivity index (χ4n) is 3.19. The molecule has 0 spiro atoms. The van der Waals surface area contributed by atoms with Crippen LogP contribution in [0.2, 0.25) is 0 Å². The van der Waals surface area contributed by atoms with Gasteiger partial charge in [0, 0.05) is 42.0 Å². The lowest BCUT2D eigenvalue weighted by molar-refractivity contribution is 0.0949. The van der Waals surface area contributed by atoms with Crippen LogP contribution in [-0.4, -0.2) is 20.9 Å². The predicted molar refractivity (Wildman–Crippen MR) is 108 cm³/mol. The summed E-state index contributed by atoms with van der Waals surface area (Å²) in [7, 11) is 0. The maximum absolute atomic E-state index is 13.4. The monoisotopic (exact) mass is 390 g/mol. The second-order valence-electron chi connectivity index (χ2n) is 6.89. The van der Waals surface area contributed by atoms with E-state index in [1.54, 1.807) is 0 Å². The first-order chi connectivity index (χ1) is 14.0. The van der Waals surface area contributed by atoms with Gasteiger partial charge in [-0.2, -0.15) is 0 Å². The Balaban J connectivity index is 1.43. The number of rotatable bonds is 5. The summed E-state index contributed by atoms with van der Waals surface area (Å²) < 4.78 is 13.4. The van der Waals surface area contributed by atoms with Crippen LogP contribution in [0, 0.1) is 12.7 Å². The van der Waals surface area contributed by atoms with E-state index >= 15 is 0 Å². The average Bonchev–Trinajstić information content (AvgIpc) is 3.12. The Labute approximate surface area is 165 Å². The van der Waals surface area contributed by atoms with Crippen LogP contribution >= 0.6 is 0 Å². The molecule has 2 aromatic heterocycles. The summed E-state index contributed by atoms with van der Waals surface area (Å²) in [6.07, 6.45) is 3.92. The normalized spacial score (nSPS) is 11.0. The maximum Gasteiger partial charge on any atom is 0.257 e. The second-order valence-corrected chi connectivity index (χ2v) is 6.89. The van der Waals surface area contributed by atoms with Crippen molar-refractivity contribution in [1.82, 2.24) is 20.3 Å². The summed E-state index contributed by atoms with van der Waals surface area (Å²) in [6.45, 7) is 2.19. The zero-order valence-corrected chi connectivity index (χ0v) is 15.8. The van der Waals surface area contributed by atoms with Gasteiger partial charge in [-0.1, -0.05) is 24.3 Å². The van der Waals surface area contributed by atoms with E-state index in [1.807, 2.05) is 37.4 Å². The molecular weight excluding hydrogens is 371 g/mol. The molecule has 4 aromatic rings. The highest BCUT2D eigenvalue weighted by molar-refractivity contribution is 5.97. The fraction of sp³-hybridized carbons (Fsp3) is 0.136. The number of pyridine rings is 1. The molecule has 0 bridgehead atoms. The van der Waals surface area contributed by atoms with Crippen LogP contribution in [0.5, 0.6) is 0 Å². The standard InChI is InChI=1S/C22H19FN4O2/c1-13-24-11-17(27-13)8-14-2-4-15(5-3-14)10-26-22(29)19-12-25-20-7-6-16(23)9-18(20)21(19)28/h2-7,9,11-12H,8,10H2,1H3,(H,24,27)(H,25,28)(H,26,29). The zero-order chi connectivity index (χ0) is 20.4. The number of amides is 1. The van der Waals surface area contributed by atoms with E-state index in [4.69, 9.17) is 0 Å². The van der Waals surface area contributed by atoms with Crippen molar-refractivity contribution in [1.29, 1.82) is 0 Å². The van der Waals surface area contributed by atoms with Gasteiger partial charge in [-0.05, 0) is 36.2 Å². The summed E-state index contributed by atoms with van der Waals surface area (Å²) in [5, 5.41) is 2.89. The molecule has 2 aromatic carbocycles. The molecule has 0 aliphatic carbocycles. The molecule has 1 amide bonds. The van der Waals surface area contributed by atoms with Gasteiger partial charge in [0.05, 0.1) is 0 Å². The van der Waals surface area contributed by atoms with Gasteiger partial charge in [0.15, 0.2) is 0 Å². The SMILES string of the molecule is Cc1ncc(Cc2ccc(CNC(=O)c3c[nH]c4ccc(F)cc4c3=O)cc2)[nH]1. The van der Waals surface area contributed by atoms with Crippen LogP contribution in [0.1, 0.15) is 33.0 Å². The number of carbonyl (C=O) groups is 1. The van der Waals surface area contributed by atoms with Crippen molar-refractivity contribution < 1.29 is 9.18 Å². The first kappa shape index (κ1) is 18.6. The lowest BCUT2D eigenvalue weighted by atomic mass is 10.1. The topological polar surface area (TPSA) is 90.6 Å². The molecule has 0 unspecified atom stereocenters. The van der Waals surface area contributed by atoms with Gasteiger partial charge in [0.2, 0.25) is 5.43 Å². The summed E-state index contributed by atoms with van der Waals surface area (Å²) in [5.74, 6) is -0.147. The summed E-state index contributed by atoms with van der Waals surface area (Å²) >= 11 is 0. The molecule has 4 rings (SSSR count). The minimum atomic E-state index is -0.522. The third-order valence-corrected chi connectivity index (χ3v) is 4.71. The number of fused-ring (bicyclic) bond motifs is 1. The molecular formula is C22H19FN4O2. The third kappa shape index (κ3) is 4.08. The molecule has 146 valence electrons. The average molecular weight is 390 g/mol. The van der Waals surface area contributed by atoms with E-state index in [2.05, 4.69) is 20.3 Å². The van der Waals surface area contributed by atoms with Crippen LogP contribution in [-0.2, 0) is 13.0 Å². The van der Waals surface area contributed by atoms with Gasteiger partial charge in [0.1, 0.15) is 17.2 Å². The van der Waals surface area contributed by atoms with Crippen molar-refractivity contribution in [3.05, 3.63) is 99.1 Å². The van der Waals surface area contributed by atoms with Crippen LogP contribution in [0.4, 0.5) is 4.39 Å². The number of aryl methyl sites for hydroxylation is 1. The first-order valence-corrected chi connectivity index (χ1v) is 9.17. The summed E-state index contributed by atoms with van der Waals surface area (Å²) in [5.41, 5.74) is 3.00. The minimum Gasteiger partial charge on any atom is -0.360 e. The largest absolute Gasteiger partial charge is 0.360 e. The smallest absolute Gasteiger partial charge is 0.257 e. The molecule has 0 radical (unpaired) electrons. The molecule has 0 saturated carbocycles. The number of aromatic nitrogens is 3. The Hall–Kier alpha value is -3.74. The fourth-order valence-corrected chi connectivity index (χ4v) is 3.19. The summed E-state index contributed by atoms with van der Waals surface area (Å²) in [4.78, 5) is 35.2. The Morgan fingerprint density at radius 2 is 1.90 bits per heavy atom. The molecule has 0 fully saturated rings.